The van der Waals surface area contributed by atoms with Crippen molar-refractivity contribution in [3.63, 3.8) is 0 Å². The predicted octanol–water partition coefficient (Wildman–Crippen LogP) is 11.7. The monoisotopic (exact) mass is 934 g/mol. The van der Waals surface area contributed by atoms with E-state index in [2.05, 4.69) is 183 Å². The molecular weight excluding hydrogens is 894 g/mol. The van der Waals surface area contributed by atoms with E-state index in [0.29, 0.717) is 0 Å². The van der Waals surface area contributed by atoms with Gasteiger partial charge in [-0.2, -0.15) is 0 Å². The largest absolute Gasteiger partial charge is 2.00 e. The first-order valence-electron chi connectivity index (χ1n) is 19.9. The third-order valence-electron chi connectivity index (χ3n) is 13.6. The van der Waals surface area contributed by atoms with E-state index in [1.54, 1.807) is 0 Å². The van der Waals surface area contributed by atoms with Gasteiger partial charge in [0.1, 0.15) is 5.82 Å². The van der Waals surface area contributed by atoms with Crippen molar-refractivity contribution in [2.45, 2.75) is 71.6 Å². The Morgan fingerprint density at radius 3 is 2.26 bits per heavy atom. The van der Waals surface area contributed by atoms with E-state index < -0.39 is 0 Å². The van der Waals surface area contributed by atoms with E-state index in [-0.39, 0.29) is 37.3 Å². The van der Waals surface area contributed by atoms with Crippen LogP contribution >= 0.6 is 0 Å². The fourth-order valence-electron chi connectivity index (χ4n) is 9.82. The second-order valence-corrected chi connectivity index (χ2v) is 18.2. The summed E-state index contributed by atoms with van der Waals surface area (Å²) in [5.74, 6) is 1.64. The summed E-state index contributed by atoms with van der Waals surface area (Å²) in [4.78, 5) is 15.4. The number of benzene rings is 5. The molecule has 1 aliphatic rings. The Morgan fingerprint density at radius 2 is 1.43 bits per heavy atom. The van der Waals surface area contributed by atoms with Crippen molar-refractivity contribution < 1.29 is 21.1 Å². The van der Waals surface area contributed by atoms with Crippen LogP contribution in [-0.2, 0) is 37.3 Å². The molecule has 286 valence electrons. The fraction of sp³-hybridized carbons (Fsp3) is 0.220. The van der Waals surface area contributed by atoms with Crippen molar-refractivity contribution in [3.05, 3.63) is 138 Å². The second kappa shape index (κ2) is 11.4. The maximum atomic E-state index is 5.30. The van der Waals surface area contributed by atoms with Gasteiger partial charge in [-0.3, -0.25) is 9.55 Å². The Labute approximate surface area is 350 Å². The third kappa shape index (κ3) is 4.30. The molecule has 0 amide bonds. The van der Waals surface area contributed by atoms with Crippen LogP contribution in [0, 0.1) is 19.1 Å². The molecule has 0 saturated heterocycles. The molecule has 11 aromatic rings. The molecule has 58 heavy (non-hydrogen) atoms. The number of rotatable bonds is 2. The van der Waals surface area contributed by atoms with Gasteiger partial charge in [0.05, 0.1) is 16.7 Å². The molecule has 7 nitrogen and oxygen atoms in total. The number of imidazole rings is 3. The van der Waals surface area contributed by atoms with Gasteiger partial charge in [-0.1, -0.05) is 113 Å². The first-order chi connectivity index (χ1) is 27.3. The van der Waals surface area contributed by atoms with Crippen molar-refractivity contribution in [1.29, 1.82) is 0 Å². The number of fused-ring (bicyclic) bond motifs is 11. The first-order valence-corrected chi connectivity index (χ1v) is 19.9. The Kier molecular flexibility index (Phi) is 6.98. The van der Waals surface area contributed by atoms with Gasteiger partial charge >= 0.3 is 21.1 Å². The molecule has 0 N–H and O–H groups in total. The maximum absolute atomic E-state index is 5.30. The summed E-state index contributed by atoms with van der Waals surface area (Å²) < 4.78 is 9.21. The molecule has 0 bridgehead atoms. The van der Waals surface area contributed by atoms with E-state index in [1.807, 2.05) is 6.20 Å². The third-order valence-corrected chi connectivity index (χ3v) is 13.6. The van der Waals surface area contributed by atoms with Crippen molar-refractivity contribution >= 4 is 77.0 Å². The number of pyridine rings is 2. The van der Waals surface area contributed by atoms with Gasteiger partial charge in [0, 0.05) is 40.0 Å². The average Bonchev–Trinajstić information content (AvgIpc) is 3.96. The quantitative estimate of drug-likeness (QED) is 0.128. The van der Waals surface area contributed by atoms with Crippen LogP contribution in [0.25, 0.3) is 88.5 Å². The molecule has 0 atom stereocenters. The minimum Gasteiger partial charge on any atom is -0.352 e. The molecule has 0 saturated carbocycles. The minimum absolute atomic E-state index is 0. The molecule has 0 unspecified atom stereocenters. The van der Waals surface area contributed by atoms with Crippen LogP contribution in [0.5, 0.6) is 0 Å². The summed E-state index contributed by atoms with van der Waals surface area (Å²) in [5, 5.41) is 5.67. The van der Waals surface area contributed by atoms with E-state index >= 15 is 0 Å². The van der Waals surface area contributed by atoms with Gasteiger partial charge in [-0.15, -0.1) is 35.7 Å². The number of aromatic nitrogens is 7. The Bertz CT molecular complexity index is 3580. The molecule has 8 heteroatoms. The van der Waals surface area contributed by atoms with Gasteiger partial charge in [0.25, 0.3) is 0 Å². The topological polar surface area (TPSA) is 57.4 Å². The van der Waals surface area contributed by atoms with Gasteiger partial charge in [-0.25, -0.2) is 9.97 Å². The van der Waals surface area contributed by atoms with Gasteiger partial charge in [0.2, 0.25) is 5.78 Å². The average molecular weight is 935 g/mol. The summed E-state index contributed by atoms with van der Waals surface area (Å²) >= 11 is 0. The van der Waals surface area contributed by atoms with Crippen molar-refractivity contribution in [2.75, 3.05) is 0 Å². The standard InChI is InChI=1S/C50H41N7.Pt/c1-28-13-11-18-38-44(28)53-47-55(38)40-25-34-32-14-9-10-17-37(32)54(39(34)26-41(40)56(47)43-23-29(21-22-51-43)48(2,3)4)30-19-20-31-33-15-12-16-36-45(33)57-42(50(7,8)49(36,5)6)27-52-46(57)35(31)24-30;/h9-23,25,27H,1-8H3;/q-2;+2. The Balaban J connectivity index is 0.00000385. The first kappa shape index (κ1) is 35.4. The number of para-hydroxylation sites is 3. The van der Waals surface area contributed by atoms with Crippen LogP contribution in [0.2, 0.25) is 0 Å². The zero-order valence-corrected chi connectivity index (χ0v) is 36.0. The van der Waals surface area contributed by atoms with Crippen molar-refractivity contribution in [1.82, 2.24) is 32.9 Å². The van der Waals surface area contributed by atoms with E-state index in [4.69, 9.17) is 15.0 Å². The molecular formula is C50H41N7Pt. The molecule has 0 fully saturated rings. The smallest absolute Gasteiger partial charge is 0.352 e. The number of hydrogen-bond donors (Lipinski definition) is 0. The van der Waals surface area contributed by atoms with Crippen LogP contribution in [-0.4, -0.2) is 32.9 Å². The zero-order valence-electron chi connectivity index (χ0n) is 33.8. The van der Waals surface area contributed by atoms with Gasteiger partial charge < -0.3 is 13.4 Å². The Morgan fingerprint density at radius 1 is 0.655 bits per heavy atom. The van der Waals surface area contributed by atoms with Crippen LogP contribution in [0.4, 0.5) is 0 Å². The summed E-state index contributed by atoms with van der Waals surface area (Å²) in [6, 6.07) is 40.9. The summed E-state index contributed by atoms with van der Waals surface area (Å²) in [7, 11) is 0. The molecule has 0 spiro atoms. The zero-order chi connectivity index (χ0) is 38.9. The predicted molar refractivity (Wildman–Crippen MR) is 233 cm³/mol. The van der Waals surface area contributed by atoms with E-state index in [0.717, 1.165) is 83.1 Å². The van der Waals surface area contributed by atoms with Crippen molar-refractivity contribution in [3.8, 4) is 11.5 Å². The molecule has 0 aliphatic carbocycles. The van der Waals surface area contributed by atoms with Crippen molar-refractivity contribution in [2.24, 2.45) is 0 Å². The summed E-state index contributed by atoms with van der Waals surface area (Å²) in [6.07, 6.45) is 4.01. The van der Waals surface area contributed by atoms with E-state index in [9.17, 15) is 0 Å². The normalized spacial score (nSPS) is 15.0. The van der Waals surface area contributed by atoms with Crippen LogP contribution < -0.4 is 0 Å². The van der Waals surface area contributed by atoms with Crippen LogP contribution in [0.15, 0.2) is 103 Å². The number of hydrogen-bond acceptors (Lipinski definition) is 3. The molecule has 5 aromatic carbocycles. The molecule has 12 rings (SSSR count). The van der Waals surface area contributed by atoms with E-state index in [1.165, 1.54) is 27.7 Å². The molecule has 0 radical (unpaired) electrons. The molecule has 7 heterocycles. The minimum atomic E-state index is -0.133. The number of aryl methyl sites for hydroxylation is 1. The molecule has 6 aromatic heterocycles. The van der Waals surface area contributed by atoms with Gasteiger partial charge in [0.15, 0.2) is 0 Å². The summed E-state index contributed by atoms with van der Waals surface area (Å²) in [5.41, 5.74) is 13.9. The SMILES string of the molecule is Cc1cccc2c1nc1n(-c3cc(C(C)(C)C)ccn3)c3[c-]c4c(cc3n21)c1ccccc1n4-c1[c-]c2c(cc1)c1cccc3c1n1c(cnc21)C(C)(C)C3(C)C.[Pt+2]. The maximum Gasteiger partial charge on any atom is 2.00 e. The second-order valence-electron chi connectivity index (χ2n) is 18.2. The summed E-state index contributed by atoms with van der Waals surface area (Å²) in [6.45, 7) is 18.3. The number of nitrogens with zero attached hydrogens (tertiary/aromatic N) is 7. The van der Waals surface area contributed by atoms with Crippen LogP contribution in [0.1, 0.15) is 70.9 Å². The Hall–Kier alpha value is -5.78. The fourth-order valence-corrected chi connectivity index (χ4v) is 9.82. The molecule has 1 aliphatic heterocycles. The van der Waals surface area contributed by atoms with Gasteiger partial charge in [-0.05, 0) is 80.8 Å². The van der Waals surface area contributed by atoms with Crippen LogP contribution in [0.3, 0.4) is 0 Å².